The first-order valence-electron chi connectivity index (χ1n) is 6.96. The van der Waals surface area contributed by atoms with Crippen molar-refractivity contribution < 1.29 is 0 Å². The summed E-state index contributed by atoms with van der Waals surface area (Å²) in [6.07, 6.45) is 1.07. The van der Waals surface area contributed by atoms with E-state index in [-0.39, 0.29) is 0 Å². The topological polar surface area (TPSA) is 12.0 Å². The van der Waals surface area contributed by atoms with E-state index in [1.165, 1.54) is 26.4 Å². The van der Waals surface area contributed by atoms with Crippen molar-refractivity contribution in [2.75, 3.05) is 6.54 Å². The molecule has 0 aliphatic heterocycles. The monoisotopic (exact) mass is 273 g/mol. The molecule has 102 valence electrons. The Morgan fingerprint density at radius 2 is 1.95 bits per heavy atom. The van der Waals surface area contributed by atoms with Gasteiger partial charge in [-0.05, 0) is 50.9 Å². The molecule has 0 saturated heterocycles. The summed E-state index contributed by atoms with van der Waals surface area (Å²) in [6.45, 7) is 9.76. The number of likely N-dealkylation sites (N-methyl/N-ethyl adjacent to an activating group) is 1. The predicted molar refractivity (Wildman–Crippen MR) is 85.1 cm³/mol. The number of aryl methyl sites for hydroxylation is 3. The molecule has 1 unspecified atom stereocenters. The van der Waals surface area contributed by atoms with E-state index >= 15 is 0 Å². The van der Waals surface area contributed by atoms with Gasteiger partial charge in [0.05, 0.1) is 0 Å². The highest BCUT2D eigenvalue weighted by atomic mass is 32.1. The number of hydrogen-bond donors (Lipinski definition) is 1. The maximum absolute atomic E-state index is 3.63. The zero-order valence-corrected chi connectivity index (χ0v) is 13.1. The zero-order chi connectivity index (χ0) is 13.8. The van der Waals surface area contributed by atoms with Crippen molar-refractivity contribution in [3.05, 3.63) is 56.8 Å². The largest absolute Gasteiger partial charge is 0.309 e. The van der Waals surface area contributed by atoms with Crippen molar-refractivity contribution in [1.29, 1.82) is 0 Å². The maximum Gasteiger partial charge on any atom is 0.0458 e. The Balaban J connectivity index is 2.23. The van der Waals surface area contributed by atoms with E-state index in [1.54, 1.807) is 0 Å². The first-order valence-corrected chi connectivity index (χ1v) is 7.77. The molecular weight excluding hydrogens is 250 g/mol. The minimum atomic E-state index is 0.436. The maximum atomic E-state index is 3.63. The molecule has 1 heterocycles. The fourth-order valence-corrected chi connectivity index (χ4v) is 3.70. The molecule has 2 heteroatoms. The summed E-state index contributed by atoms with van der Waals surface area (Å²) in [5, 5.41) is 3.63. The van der Waals surface area contributed by atoms with Crippen LogP contribution in [0.2, 0.25) is 0 Å². The lowest BCUT2D eigenvalue weighted by Gasteiger charge is -2.18. The second-order valence-electron chi connectivity index (χ2n) is 5.21. The Hall–Kier alpha value is -1.12. The first kappa shape index (κ1) is 14.3. The smallest absolute Gasteiger partial charge is 0.0458 e. The Labute approximate surface area is 120 Å². The van der Waals surface area contributed by atoms with Crippen LogP contribution in [0.5, 0.6) is 0 Å². The molecular formula is C17H23NS. The fourth-order valence-electron chi connectivity index (χ4n) is 2.58. The van der Waals surface area contributed by atoms with Gasteiger partial charge >= 0.3 is 0 Å². The van der Waals surface area contributed by atoms with Gasteiger partial charge in [0, 0.05) is 15.8 Å². The third-order valence-electron chi connectivity index (χ3n) is 3.37. The second-order valence-corrected chi connectivity index (χ2v) is 6.50. The summed E-state index contributed by atoms with van der Waals surface area (Å²) in [4.78, 5) is 2.89. The molecule has 0 radical (unpaired) electrons. The van der Waals surface area contributed by atoms with Crippen LogP contribution in [0.4, 0.5) is 0 Å². The molecule has 1 N–H and O–H groups in total. The molecule has 1 aromatic carbocycles. The Morgan fingerprint density at radius 3 is 2.53 bits per heavy atom. The van der Waals surface area contributed by atoms with E-state index in [2.05, 4.69) is 63.3 Å². The molecule has 1 atom stereocenters. The van der Waals surface area contributed by atoms with Crippen LogP contribution in [0.15, 0.2) is 30.3 Å². The highest BCUT2D eigenvalue weighted by Crippen LogP contribution is 2.29. The molecule has 0 spiro atoms. The Bertz CT molecular complexity index is 542. The minimum absolute atomic E-state index is 0.436. The van der Waals surface area contributed by atoms with Crippen LogP contribution in [-0.4, -0.2) is 6.54 Å². The third-order valence-corrected chi connectivity index (χ3v) is 4.63. The molecule has 0 aliphatic carbocycles. The summed E-state index contributed by atoms with van der Waals surface area (Å²) >= 11 is 1.92. The van der Waals surface area contributed by atoms with Crippen molar-refractivity contribution in [1.82, 2.24) is 5.32 Å². The third kappa shape index (κ3) is 3.68. The summed E-state index contributed by atoms with van der Waals surface area (Å²) in [5.74, 6) is 0. The molecule has 0 amide bonds. The van der Waals surface area contributed by atoms with Crippen LogP contribution < -0.4 is 5.32 Å². The van der Waals surface area contributed by atoms with E-state index < -0.39 is 0 Å². The van der Waals surface area contributed by atoms with Crippen LogP contribution in [0.25, 0.3) is 0 Å². The van der Waals surface area contributed by atoms with E-state index in [4.69, 9.17) is 0 Å². The summed E-state index contributed by atoms with van der Waals surface area (Å²) < 4.78 is 0. The summed E-state index contributed by atoms with van der Waals surface area (Å²) in [6, 6.07) is 11.6. The lowest BCUT2D eigenvalue weighted by atomic mass is 10.0. The van der Waals surface area contributed by atoms with Crippen molar-refractivity contribution in [2.45, 2.75) is 40.2 Å². The highest BCUT2D eigenvalue weighted by Gasteiger charge is 2.16. The average molecular weight is 273 g/mol. The van der Waals surface area contributed by atoms with Crippen LogP contribution in [-0.2, 0) is 6.42 Å². The first-order chi connectivity index (χ1) is 9.10. The Kier molecular flexibility index (Phi) is 4.78. The van der Waals surface area contributed by atoms with Gasteiger partial charge < -0.3 is 5.32 Å². The number of benzene rings is 1. The molecule has 1 nitrogen and oxygen atoms in total. The standard InChI is InChI=1S/C17H23NS/c1-5-18-16(17-13(3)10-14(4)19-17)11-15-8-6-7-12(2)9-15/h6-10,16,18H,5,11H2,1-4H3. The van der Waals surface area contributed by atoms with Crippen LogP contribution >= 0.6 is 11.3 Å². The number of rotatable bonds is 5. The van der Waals surface area contributed by atoms with Gasteiger partial charge in [-0.15, -0.1) is 11.3 Å². The van der Waals surface area contributed by atoms with Crippen molar-refractivity contribution in [3.63, 3.8) is 0 Å². The zero-order valence-electron chi connectivity index (χ0n) is 12.3. The van der Waals surface area contributed by atoms with Gasteiger partial charge in [0.15, 0.2) is 0 Å². The molecule has 0 aliphatic rings. The van der Waals surface area contributed by atoms with Gasteiger partial charge in [0.2, 0.25) is 0 Å². The van der Waals surface area contributed by atoms with Gasteiger partial charge in [-0.1, -0.05) is 36.8 Å². The van der Waals surface area contributed by atoms with Crippen LogP contribution in [0.1, 0.15) is 39.4 Å². The minimum Gasteiger partial charge on any atom is -0.309 e. The van der Waals surface area contributed by atoms with Crippen LogP contribution in [0, 0.1) is 20.8 Å². The van der Waals surface area contributed by atoms with Crippen molar-refractivity contribution in [3.8, 4) is 0 Å². The van der Waals surface area contributed by atoms with E-state index in [1.807, 2.05) is 11.3 Å². The van der Waals surface area contributed by atoms with Gasteiger partial charge in [0.1, 0.15) is 0 Å². The van der Waals surface area contributed by atoms with E-state index in [9.17, 15) is 0 Å². The van der Waals surface area contributed by atoms with Crippen LogP contribution in [0.3, 0.4) is 0 Å². The molecule has 1 aromatic heterocycles. The average Bonchev–Trinajstić information content (AvgIpc) is 2.68. The van der Waals surface area contributed by atoms with Gasteiger partial charge in [-0.2, -0.15) is 0 Å². The lowest BCUT2D eigenvalue weighted by molar-refractivity contribution is 0.556. The predicted octanol–water partition coefficient (Wildman–Crippen LogP) is 4.57. The molecule has 0 fully saturated rings. The quantitative estimate of drug-likeness (QED) is 0.841. The Morgan fingerprint density at radius 1 is 1.16 bits per heavy atom. The molecule has 0 saturated carbocycles. The van der Waals surface area contributed by atoms with Gasteiger partial charge in [-0.25, -0.2) is 0 Å². The van der Waals surface area contributed by atoms with E-state index in [0.29, 0.717) is 6.04 Å². The SMILES string of the molecule is CCNC(Cc1cccc(C)c1)c1sc(C)cc1C. The normalized spacial score (nSPS) is 12.6. The second kappa shape index (κ2) is 6.36. The van der Waals surface area contributed by atoms with Crippen molar-refractivity contribution in [2.24, 2.45) is 0 Å². The lowest BCUT2D eigenvalue weighted by Crippen LogP contribution is -2.22. The fraction of sp³-hybridized carbons (Fsp3) is 0.412. The van der Waals surface area contributed by atoms with Gasteiger partial charge in [0.25, 0.3) is 0 Å². The molecule has 2 rings (SSSR count). The van der Waals surface area contributed by atoms with Crippen molar-refractivity contribution >= 4 is 11.3 Å². The summed E-state index contributed by atoms with van der Waals surface area (Å²) in [7, 11) is 0. The molecule has 2 aromatic rings. The van der Waals surface area contributed by atoms with E-state index in [0.717, 1.165) is 13.0 Å². The number of thiophene rings is 1. The number of hydrogen-bond acceptors (Lipinski definition) is 2. The molecule has 19 heavy (non-hydrogen) atoms. The number of nitrogens with one attached hydrogen (secondary N) is 1. The molecule has 0 bridgehead atoms. The van der Waals surface area contributed by atoms with Gasteiger partial charge in [-0.3, -0.25) is 0 Å². The highest BCUT2D eigenvalue weighted by molar-refractivity contribution is 7.12. The summed E-state index contributed by atoms with van der Waals surface area (Å²) in [5.41, 5.74) is 4.17.